The van der Waals surface area contributed by atoms with E-state index < -0.39 is 7.25 Å². The van der Waals surface area contributed by atoms with E-state index in [0.29, 0.717) is 0 Å². The molecule has 2 heterocycles. The second-order valence-corrected chi connectivity index (χ2v) is 5.00. The third-order valence-corrected chi connectivity index (χ3v) is 3.40. The SMILES string of the molecule is F[B-](F)(F)F.[Au+3].[CH-]1CCCS1.[CH-]1CCCS1. The summed E-state index contributed by atoms with van der Waals surface area (Å²) in [7, 11) is -6.00. The molecule has 0 aromatic heterocycles. The maximum absolute atomic E-state index is 9.75. The van der Waals surface area contributed by atoms with Gasteiger partial charge in [-0.25, -0.2) is 0 Å². The quantitative estimate of drug-likeness (QED) is 0.295. The van der Waals surface area contributed by atoms with Gasteiger partial charge in [0.2, 0.25) is 0 Å². The molecular weight excluding hydrogens is 444 g/mol. The van der Waals surface area contributed by atoms with Crippen LogP contribution >= 0.6 is 23.5 Å². The van der Waals surface area contributed by atoms with Gasteiger partial charge in [-0.05, 0) is 11.5 Å². The van der Waals surface area contributed by atoms with E-state index in [1.807, 2.05) is 23.5 Å². The van der Waals surface area contributed by atoms with Gasteiger partial charge in [-0.15, -0.1) is 0 Å². The molecule has 16 heavy (non-hydrogen) atoms. The fourth-order valence-electron chi connectivity index (χ4n) is 0.833. The van der Waals surface area contributed by atoms with Crippen molar-refractivity contribution in [3.05, 3.63) is 11.5 Å². The van der Waals surface area contributed by atoms with E-state index in [0.717, 1.165) is 0 Å². The van der Waals surface area contributed by atoms with Gasteiger partial charge in [0.1, 0.15) is 0 Å². The molecule has 2 fully saturated rings. The zero-order valence-electron chi connectivity index (χ0n) is 8.60. The molecule has 0 amide bonds. The summed E-state index contributed by atoms with van der Waals surface area (Å²) in [5.74, 6) is 7.28. The van der Waals surface area contributed by atoms with Crippen LogP contribution in [0.2, 0.25) is 0 Å². The Morgan fingerprint density at radius 3 is 1.19 bits per heavy atom. The summed E-state index contributed by atoms with van der Waals surface area (Å²) in [5.41, 5.74) is 0. The number of thioether (sulfide) groups is 2. The van der Waals surface area contributed by atoms with E-state index in [1.165, 1.54) is 37.2 Å². The van der Waals surface area contributed by atoms with Crippen LogP contribution in [0.5, 0.6) is 0 Å². The van der Waals surface area contributed by atoms with Gasteiger partial charge in [-0.1, -0.05) is 12.8 Å². The van der Waals surface area contributed by atoms with Gasteiger partial charge >= 0.3 is 29.6 Å². The molecule has 0 spiro atoms. The molecule has 0 aliphatic carbocycles. The Bertz CT molecular complexity index is 109. The molecule has 2 aliphatic heterocycles. The molecule has 0 aromatic rings. The monoisotopic (exact) mass is 458 g/mol. The number of hydrogen-bond acceptors (Lipinski definition) is 2. The summed E-state index contributed by atoms with van der Waals surface area (Å²) < 4.78 is 39.0. The maximum atomic E-state index is 9.75. The largest absolute Gasteiger partial charge is 3.00 e. The van der Waals surface area contributed by atoms with Crippen LogP contribution in [0.25, 0.3) is 0 Å². The van der Waals surface area contributed by atoms with Crippen molar-refractivity contribution in [2.45, 2.75) is 25.7 Å². The molecule has 0 atom stereocenters. The van der Waals surface area contributed by atoms with Crippen molar-refractivity contribution in [3.8, 4) is 0 Å². The molecule has 0 radical (unpaired) electrons. The molecule has 0 N–H and O–H groups in total. The molecule has 2 saturated heterocycles. The van der Waals surface area contributed by atoms with Crippen molar-refractivity contribution in [1.82, 2.24) is 0 Å². The molecule has 2 aliphatic rings. The number of rotatable bonds is 0. The molecule has 2 rings (SSSR count). The first kappa shape index (κ1) is 19.6. The van der Waals surface area contributed by atoms with Crippen LogP contribution in [0.4, 0.5) is 17.3 Å². The van der Waals surface area contributed by atoms with Gasteiger partial charge in [0.05, 0.1) is 0 Å². The minimum atomic E-state index is -6.00. The van der Waals surface area contributed by atoms with Crippen molar-refractivity contribution in [2.24, 2.45) is 0 Å². The van der Waals surface area contributed by atoms with E-state index in [4.69, 9.17) is 0 Å². The third kappa shape index (κ3) is 24.5. The first-order valence-electron chi connectivity index (χ1n) is 4.74. The van der Waals surface area contributed by atoms with Crippen molar-refractivity contribution in [2.75, 3.05) is 11.5 Å². The first-order valence-corrected chi connectivity index (χ1v) is 6.84. The molecule has 8 heteroatoms. The summed E-state index contributed by atoms with van der Waals surface area (Å²) in [6, 6.07) is 0. The Balaban J connectivity index is 0. The van der Waals surface area contributed by atoms with Crippen molar-refractivity contribution in [1.29, 1.82) is 0 Å². The predicted molar refractivity (Wildman–Crippen MR) is 62.2 cm³/mol. The molecule has 0 unspecified atom stereocenters. The Kier molecular flexibility index (Phi) is 15.5. The van der Waals surface area contributed by atoms with Crippen molar-refractivity contribution >= 4 is 30.8 Å². The maximum Gasteiger partial charge on any atom is 3.00 e. The zero-order chi connectivity index (χ0) is 11.6. The van der Waals surface area contributed by atoms with Crippen LogP contribution in [0, 0.1) is 11.5 Å². The Morgan fingerprint density at radius 1 is 0.812 bits per heavy atom. The molecule has 100 valence electrons. The smallest absolute Gasteiger partial charge is 0.418 e. The van der Waals surface area contributed by atoms with Gasteiger partial charge in [0.25, 0.3) is 0 Å². The van der Waals surface area contributed by atoms with Crippen LogP contribution in [0.1, 0.15) is 25.7 Å². The van der Waals surface area contributed by atoms with Crippen molar-refractivity contribution in [3.63, 3.8) is 0 Å². The molecule has 0 nitrogen and oxygen atoms in total. The van der Waals surface area contributed by atoms with E-state index >= 15 is 0 Å². The zero-order valence-corrected chi connectivity index (χ0v) is 12.4. The summed E-state index contributed by atoms with van der Waals surface area (Å²) in [5, 5.41) is 0. The first-order chi connectivity index (χ1) is 7.00. The molecular formula is C8H14AuBF4S2. The standard InChI is InChI=1S/2C4H7S.Au.BF4/c2*1-2-4-5-3-1;;2-1(3,4)5/h2*3H,1-2,4H2;;/q2*-1;+3;-1. The van der Waals surface area contributed by atoms with Crippen LogP contribution in [-0.4, -0.2) is 18.8 Å². The minimum Gasteiger partial charge on any atom is -0.418 e. The summed E-state index contributed by atoms with van der Waals surface area (Å²) in [6.45, 7) is 0. The van der Waals surface area contributed by atoms with Crippen LogP contribution in [0.15, 0.2) is 0 Å². The Morgan fingerprint density at radius 2 is 1.12 bits per heavy atom. The van der Waals surface area contributed by atoms with Crippen molar-refractivity contribution < 1.29 is 39.6 Å². The number of halogens is 4. The molecule has 0 saturated carbocycles. The van der Waals surface area contributed by atoms with E-state index in [9.17, 15) is 17.3 Å². The molecule has 0 bridgehead atoms. The second kappa shape index (κ2) is 12.7. The van der Waals surface area contributed by atoms with Crippen LogP contribution < -0.4 is 0 Å². The van der Waals surface area contributed by atoms with E-state index in [2.05, 4.69) is 11.5 Å². The Hall–Kier alpha value is 1.23. The van der Waals surface area contributed by atoms with E-state index in [-0.39, 0.29) is 22.4 Å². The van der Waals surface area contributed by atoms with E-state index in [1.54, 1.807) is 0 Å². The Labute approximate surface area is 119 Å². The van der Waals surface area contributed by atoms with Gasteiger partial charge in [0, 0.05) is 0 Å². The normalized spacial score (nSPS) is 18.8. The van der Waals surface area contributed by atoms with Crippen LogP contribution in [0.3, 0.4) is 0 Å². The summed E-state index contributed by atoms with van der Waals surface area (Å²) in [6.07, 6.45) is 5.49. The average molecular weight is 458 g/mol. The van der Waals surface area contributed by atoms with Gasteiger partial charge < -0.3 is 40.8 Å². The average Bonchev–Trinajstić information content (AvgIpc) is 2.81. The van der Waals surface area contributed by atoms with Crippen LogP contribution in [-0.2, 0) is 22.4 Å². The number of hydrogen-bond donors (Lipinski definition) is 0. The fraction of sp³-hybridized carbons (Fsp3) is 0.750. The summed E-state index contributed by atoms with van der Waals surface area (Å²) in [4.78, 5) is 0. The van der Waals surface area contributed by atoms with Gasteiger partial charge in [-0.2, -0.15) is 12.8 Å². The second-order valence-electron chi connectivity index (χ2n) is 2.85. The van der Waals surface area contributed by atoms with Gasteiger partial charge in [0.15, 0.2) is 0 Å². The third-order valence-electron chi connectivity index (χ3n) is 1.40. The molecule has 0 aromatic carbocycles. The predicted octanol–water partition coefficient (Wildman–Crippen LogP) is 4.65. The fourth-order valence-corrected chi connectivity index (χ4v) is 2.50. The van der Waals surface area contributed by atoms with Gasteiger partial charge in [-0.3, -0.25) is 11.5 Å². The summed E-state index contributed by atoms with van der Waals surface area (Å²) >= 11 is 3.90. The minimum absolute atomic E-state index is 0. The topological polar surface area (TPSA) is 0 Å².